The Labute approximate surface area is 299 Å². The first-order chi connectivity index (χ1) is 24.5. The van der Waals surface area contributed by atoms with Crippen LogP contribution >= 0.6 is 22.7 Å². The molecule has 50 heavy (non-hydrogen) atoms. The van der Waals surface area contributed by atoms with Gasteiger partial charge in [-0.2, -0.15) is 0 Å². The predicted octanol–water partition coefficient (Wildman–Crippen LogP) is 13.3. The van der Waals surface area contributed by atoms with Crippen molar-refractivity contribution < 1.29 is 0 Å². The normalized spacial score (nSPS) is 13.2. The molecule has 6 aromatic carbocycles. The van der Waals surface area contributed by atoms with E-state index in [1.54, 1.807) is 22.7 Å². The van der Waals surface area contributed by atoms with E-state index < -0.39 is 0 Å². The summed E-state index contributed by atoms with van der Waals surface area (Å²) < 4.78 is 2.44. The SMILES string of the molecule is CC1(C)c2ccccc2-c2cc3c4cc(-c5csc(-c6cccc(-c7ncc(-c8ccccc8)s7)c6)c5)ccc4n(-c4ccccc4)c3cc21. The molecule has 238 valence electrons. The van der Waals surface area contributed by atoms with Gasteiger partial charge in [0.25, 0.3) is 0 Å². The Morgan fingerprint density at radius 1 is 0.520 bits per heavy atom. The third-order valence-electron chi connectivity index (χ3n) is 10.4. The monoisotopic (exact) mass is 676 g/mol. The molecule has 0 atom stereocenters. The lowest BCUT2D eigenvalue weighted by atomic mass is 9.82. The second-order valence-electron chi connectivity index (χ2n) is 13.7. The number of hydrogen-bond acceptors (Lipinski definition) is 3. The van der Waals surface area contributed by atoms with E-state index in [4.69, 9.17) is 4.98 Å². The number of fused-ring (bicyclic) bond motifs is 6. The van der Waals surface area contributed by atoms with E-state index in [9.17, 15) is 0 Å². The molecule has 10 rings (SSSR count). The van der Waals surface area contributed by atoms with Gasteiger partial charge in [-0.3, -0.25) is 0 Å². The van der Waals surface area contributed by atoms with Gasteiger partial charge in [0.15, 0.2) is 0 Å². The van der Waals surface area contributed by atoms with Gasteiger partial charge in [-0.25, -0.2) is 4.98 Å². The lowest BCUT2D eigenvalue weighted by molar-refractivity contribution is 0.661. The largest absolute Gasteiger partial charge is 0.309 e. The second kappa shape index (κ2) is 11.2. The Hall–Kier alpha value is -5.55. The van der Waals surface area contributed by atoms with E-state index in [1.807, 2.05) is 6.20 Å². The minimum absolute atomic E-state index is 0.0582. The van der Waals surface area contributed by atoms with E-state index in [-0.39, 0.29) is 5.41 Å². The van der Waals surface area contributed by atoms with Crippen LogP contribution in [0.1, 0.15) is 25.0 Å². The average Bonchev–Trinajstić information content (AvgIpc) is 3.96. The molecule has 0 amide bonds. The molecule has 4 heteroatoms. The van der Waals surface area contributed by atoms with Crippen molar-refractivity contribution in [1.82, 2.24) is 9.55 Å². The van der Waals surface area contributed by atoms with E-state index in [0.717, 1.165) is 10.6 Å². The fourth-order valence-electron chi connectivity index (χ4n) is 7.84. The first-order valence-corrected chi connectivity index (χ1v) is 18.7. The van der Waals surface area contributed by atoms with Crippen LogP contribution in [-0.2, 0) is 5.41 Å². The summed E-state index contributed by atoms with van der Waals surface area (Å²) in [6.07, 6.45) is 1.99. The zero-order chi connectivity index (χ0) is 33.4. The Morgan fingerprint density at radius 3 is 2.12 bits per heavy atom. The Balaban J connectivity index is 1.07. The minimum Gasteiger partial charge on any atom is -0.309 e. The summed E-state index contributed by atoms with van der Waals surface area (Å²) in [5.41, 5.74) is 15.2. The summed E-state index contributed by atoms with van der Waals surface area (Å²) in [7, 11) is 0. The number of hydrogen-bond donors (Lipinski definition) is 0. The molecule has 2 nitrogen and oxygen atoms in total. The third-order valence-corrected chi connectivity index (χ3v) is 12.4. The van der Waals surface area contributed by atoms with Gasteiger partial charge in [0, 0.05) is 38.5 Å². The molecule has 0 spiro atoms. The molecule has 0 radical (unpaired) electrons. The van der Waals surface area contributed by atoms with Gasteiger partial charge in [0.2, 0.25) is 0 Å². The molecule has 0 N–H and O–H groups in total. The first-order valence-electron chi connectivity index (χ1n) is 17.0. The van der Waals surface area contributed by atoms with Crippen LogP contribution in [0.2, 0.25) is 0 Å². The topological polar surface area (TPSA) is 17.8 Å². The molecule has 0 saturated heterocycles. The van der Waals surface area contributed by atoms with Crippen LogP contribution in [0.3, 0.4) is 0 Å². The van der Waals surface area contributed by atoms with Crippen molar-refractivity contribution >= 4 is 44.5 Å². The van der Waals surface area contributed by atoms with Crippen LogP contribution in [0, 0.1) is 0 Å². The van der Waals surface area contributed by atoms with Gasteiger partial charge < -0.3 is 4.57 Å². The molecule has 1 aliphatic rings. The van der Waals surface area contributed by atoms with Crippen LogP contribution in [0.25, 0.3) is 81.2 Å². The third kappa shape index (κ3) is 4.56. The quantitative estimate of drug-likeness (QED) is 0.177. The lowest BCUT2D eigenvalue weighted by Gasteiger charge is -2.21. The highest BCUT2D eigenvalue weighted by Crippen LogP contribution is 2.51. The van der Waals surface area contributed by atoms with Crippen molar-refractivity contribution in [1.29, 1.82) is 0 Å². The summed E-state index contributed by atoms with van der Waals surface area (Å²) in [5.74, 6) is 0. The molecule has 3 aromatic heterocycles. The highest BCUT2D eigenvalue weighted by Gasteiger charge is 2.36. The summed E-state index contributed by atoms with van der Waals surface area (Å²) in [6, 6.07) is 53.3. The smallest absolute Gasteiger partial charge is 0.123 e. The summed E-state index contributed by atoms with van der Waals surface area (Å²) in [6.45, 7) is 4.72. The van der Waals surface area contributed by atoms with Crippen LogP contribution in [0.4, 0.5) is 0 Å². The van der Waals surface area contributed by atoms with Gasteiger partial charge in [0.1, 0.15) is 5.01 Å². The van der Waals surface area contributed by atoms with Crippen molar-refractivity contribution in [2.24, 2.45) is 0 Å². The van der Waals surface area contributed by atoms with Gasteiger partial charge in [-0.05, 0) is 98.4 Å². The average molecular weight is 677 g/mol. The second-order valence-corrected chi connectivity index (χ2v) is 15.6. The van der Waals surface area contributed by atoms with E-state index in [2.05, 4.69) is 169 Å². The van der Waals surface area contributed by atoms with E-state index >= 15 is 0 Å². The zero-order valence-electron chi connectivity index (χ0n) is 27.7. The van der Waals surface area contributed by atoms with E-state index in [1.165, 1.54) is 81.8 Å². The maximum Gasteiger partial charge on any atom is 0.123 e. The number of para-hydroxylation sites is 1. The predicted molar refractivity (Wildman–Crippen MR) is 214 cm³/mol. The molecule has 3 heterocycles. The maximum atomic E-state index is 4.79. The number of thiophene rings is 1. The van der Waals surface area contributed by atoms with Gasteiger partial charge in [-0.15, -0.1) is 22.7 Å². The van der Waals surface area contributed by atoms with Crippen molar-refractivity contribution in [2.45, 2.75) is 19.3 Å². The Morgan fingerprint density at radius 2 is 1.26 bits per heavy atom. The number of aromatic nitrogens is 2. The van der Waals surface area contributed by atoms with Crippen LogP contribution in [0.5, 0.6) is 0 Å². The molecule has 0 aliphatic heterocycles. The van der Waals surface area contributed by atoms with Gasteiger partial charge in [-0.1, -0.05) is 111 Å². The van der Waals surface area contributed by atoms with Crippen molar-refractivity contribution in [3.05, 3.63) is 168 Å². The summed E-state index contributed by atoms with van der Waals surface area (Å²) in [5, 5.41) is 5.91. The fraction of sp³-hybridized carbons (Fsp3) is 0.0652. The standard InChI is InChI=1S/C46H32N2S2/c1-46(2)39-19-10-9-18-35(39)36-25-38-37-23-30(20-21-41(37)48(42(38)26-40(36)46)34-16-7-4-8-17-34)33-24-43(49-28-33)31-14-11-15-32(22-31)45-47-27-44(50-45)29-12-5-3-6-13-29/h3-28H,1-2H3. The lowest BCUT2D eigenvalue weighted by Crippen LogP contribution is -2.14. The highest BCUT2D eigenvalue weighted by molar-refractivity contribution is 7.18. The Bertz CT molecular complexity index is 2730. The highest BCUT2D eigenvalue weighted by atomic mass is 32.1. The fourth-order valence-corrected chi connectivity index (χ4v) is 9.67. The van der Waals surface area contributed by atoms with Gasteiger partial charge >= 0.3 is 0 Å². The van der Waals surface area contributed by atoms with Crippen LogP contribution in [-0.4, -0.2) is 9.55 Å². The molecular formula is C46H32N2S2. The van der Waals surface area contributed by atoms with Crippen LogP contribution in [0.15, 0.2) is 157 Å². The molecule has 0 unspecified atom stereocenters. The van der Waals surface area contributed by atoms with Crippen LogP contribution < -0.4 is 0 Å². The first kappa shape index (κ1) is 29.4. The molecule has 1 aliphatic carbocycles. The number of thiazole rings is 1. The minimum atomic E-state index is -0.0582. The zero-order valence-corrected chi connectivity index (χ0v) is 29.4. The van der Waals surface area contributed by atoms with Crippen molar-refractivity contribution in [2.75, 3.05) is 0 Å². The maximum absolute atomic E-state index is 4.79. The molecular weight excluding hydrogens is 645 g/mol. The molecule has 0 fully saturated rings. The number of benzene rings is 6. The number of rotatable bonds is 5. The molecule has 9 aromatic rings. The Kier molecular flexibility index (Phi) is 6.61. The number of nitrogens with zero attached hydrogens (tertiary/aromatic N) is 2. The van der Waals surface area contributed by atoms with E-state index in [0.29, 0.717) is 0 Å². The molecule has 0 saturated carbocycles. The molecule has 0 bridgehead atoms. The summed E-state index contributed by atoms with van der Waals surface area (Å²) >= 11 is 3.54. The van der Waals surface area contributed by atoms with Crippen molar-refractivity contribution in [3.8, 4) is 59.4 Å². The van der Waals surface area contributed by atoms with Gasteiger partial charge in [0.05, 0.1) is 15.9 Å². The summed E-state index contributed by atoms with van der Waals surface area (Å²) in [4.78, 5) is 7.23. The van der Waals surface area contributed by atoms with Crippen molar-refractivity contribution in [3.63, 3.8) is 0 Å².